The maximum absolute atomic E-state index is 13.2. The van der Waals surface area contributed by atoms with Crippen LogP contribution < -0.4 is 4.74 Å². The van der Waals surface area contributed by atoms with E-state index in [0.717, 1.165) is 17.1 Å². The summed E-state index contributed by atoms with van der Waals surface area (Å²) in [6, 6.07) is 9.74. The van der Waals surface area contributed by atoms with Crippen LogP contribution in [-0.2, 0) is 13.0 Å². The number of rotatable bonds is 4. The minimum absolute atomic E-state index is 0.0764. The molecule has 3 aromatic rings. The van der Waals surface area contributed by atoms with Crippen molar-refractivity contribution in [2.45, 2.75) is 19.9 Å². The summed E-state index contributed by atoms with van der Waals surface area (Å²) < 4.78 is 20.4. The van der Waals surface area contributed by atoms with E-state index in [2.05, 4.69) is 9.97 Å². The van der Waals surface area contributed by atoms with Gasteiger partial charge in [-0.2, -0.15) is 0 Å². The highest BCUT2D eigenvalue weighted by atomic mass is 19.1. The van der Waals surface area contributed by atoms with Gasteiger partial charge in [0.15, 0.2) is 0 Å². The molecule has 1 aliphatic rings. The van der Waals surface area contributed by atoms with E-state index in [1.807, 2.05) is 11.5 Å². The van der Waals surface area contributed by atoms with Crippen LogP contribution in [0.1, 0.15) is 28.7 Å². The quantitative estimate of drug-likeness (QED) is 0.712. The lowest BCUT2D eigenvalue weighted by Crippen LogP contribution is -2.36. The molecule has 138 valence electrons. The zero-order valence-corrected chi connectivity index (χ0v) is 14.9. The molecule has 0 fully saturated rings. The molecular formula is C20H19FN4O2. The second-order valence-electron chi connectivity index (χ2n) is 6.28. The molecule has 0 spiro atoms. The number of hydrogen-bond acceptors (Lipinski definition) is 4. The first-order valence-corrected chi connectivity index (χ1v) is 8.85. The van der Waals surface area contributed by atoms with Gasteiger partial charge in [-0.15, -0.1) is 0 Å². The van der Waals surface area contributed by atoms with Crippen molar-refractivity contribution < 1.29 is 13.9 Å². The second-order valence-corrected chi connectivity index (χ2v) is 6.28. The van der Waals surface area contributed by atoms with Gasteiger partial charge in [-0.1, -0.05) is 0 Å². The Morgan fingerprint density at radius 2 is 2.00 bits per heavy atom. The largest absolute Gasteiger partial charge is 0.478 e. The topological polar surface area (TPSA) is 60.2 Å². The summed E-state index contributed by atoms with van der Waals surface area (Å²) in [5, 5.41) is 0. The normalized spacial score (nSPS) is 13.3. The van der Waals surface area contributed by atoms with Gasteiger partial charge in [0.2, 0.25) is 5.88 Å². The number of nitrogens with zero attached hydrogens (tertiary/aromatic N) is 4. The van der Waals surface area contributed by atoms with Crippen LogP contribution in [0.4, 0.5) is 4.39 Å². The van der Waals surface area contributed by atoms with Crippen molar-refractivity contribution in [3.63, 3.8) is 0 Å². The van der Waals surface area contributed by atoms with Gasteiger partial charge in [-0.25, -0.2) is 14.4 Å². The van der Waals surface area contributed by atoms with Gasteiger partial charge >= 0.3 is 0 Å². The third kappa shape index (κ3) is 3.40. The van der Waals surface area contributed by atoms with Gasteiger partial charge in [0, 0.05) is 36.6 Å². The average Bonchev–Trinajstić information content (AvgIpc) is 3.12. The molecule has 2 aromatic heterocycles. The predicted octanol–water partition coefficient (Wildman–Crippen LogP) is 3.00. The van der Waals surface area contributed by atoms with Gasteiger partial charge in [-0.3, -0.25) is 4.79 Å². The number of halogens is 1. The number of imidazole rings is 1. The molecule has 0 saturated heterocycles. The molecule has 1 aliphatic heterocycles. The average molecular weight is 366 g/mol. The highest BCUT2D eigenvalue weighted by Gasteiger charge is 2.25. The smallest absolute Gasteiger partial charge is 0.255 e. The van der Waals surface area contributed by atoms with E-state index in [0.29, 0.717) is 37.6 Å². The molecule has 1 aromatic carbocycles. The summed E-state index contributed by atoms with van der Waals surface area (Å²) in [7, 11) is 0. The summed E-state index contributed by atoms with van der Waals surface area (Å²) >= 11 is 0. The van der Waals surface area contributed by atoms with E-state index in [9.17, 15) is 9.18 Å². The minimum Gasteiger partial charge on any atom is -0.478 e. The maximum Gasteiger partial charge on any atom is 0.255 e. The summed E-state index contributed by atoms with van der Waals surface area (Å²) in [5.41, 5.74) is 3.30. The van der Waals surface area contributed by atoms with Crippen LogP contribution in [0, 0.1) is 5.82 Å². The third-order valence-electron chi connectivity index (χ3n) is 4.58. The summed E-state index contributed by atoms with van der Waals surface area (Å²) in [6.45, 7) is 3.45. The van der Waals surface area contributed by atoms with E-state index < -0.39 is 0 Å². The van der Waals surface area contributed by atoms with Crippen LogP contribution in [0.2, 0.25) is 0 Å². The molecule has 4 rings (SSSR count). The Balaban J connectivity index is 1.51. The van der Waals surface area contributed by atoms with E-state index >= 15 is 0 Å². The number of amides is 1. The number of aromatic nitrogens is 3. The van der Waals surface area contributed by atoms with Crippen molar-refractivity contribution in [2.24, 2.45) is 0 Å². The first kappa shape index (κ1) is 17.2. The van der Waals surface area contributed by atoms with Crippen LogP contribution in [0.15, 0.2) is 48.9 Å². The highest BCUT2D eigenvalue weighted by molar-refractivity contribution is 5.94. The van der Waals surface area contributed by atoms with Crippen LogP contribution in [0.5, 0.6) is 5.88 Å². The number of fused-ring (bicyclic) bond motifs is 1. The van der Waals surface area contributed by atoms with Crippen molar-refractivity contribution in [1.82, 2.24) is 19.4 Å². The van der Waals surface area contributed by atoms with Crippen molar-refractivity contribution in [2.75, 3.05) is 13.2 Å². The van der Waals surface area contributed by atoms with Crippen molar-refractivity contribution >= 4 is 5.91 Å². The molecule has 3 heterocycles. The fourth-order valence-electron chi connectivity index (χ4n) is 3.23. The first-order chi connectivity index (χ1) is 13.2. The van der Waals surface area contributed by atoms with Gasteiger partial charge in [0.25, 0.3) is 5.91 Å². The predicted molar refractivity (Wildman–Crippen MR) is 97.4 cm³/mol. The number of carbonyl (C=O) groups excluding carboxylic acids is 1. The van der Waals surface area contributed by atoms with E-state index in [1.165, 1.54) is 12.1 Å². The molecule has 0 unspecified atom stereocenters. The standard InChI is InChI=1S/C20H19FN4O2/c1-2-27-19-8-3-14(11-22-19)20(26)24-10-9-18-17(12-24)23-13-25(18)16-6-4-15(21)5-7-16/h3-8,11,13H,2,9-10,12H2,1H3. The van der Waals surface area contributed by atoms with Gasteiger partial charge in [0.1, 0.15) is 5.82 Å². The SMILES string of the molecule is CCOc1ccc(C(=O)N2CCc3c(ncn3-c3ccc(F)cc3)C2)cn1. The zero-order chi connectivity index (χ0) is 18.8. The lowest BCUT2D eigenvalue weighted by atomic mass is 10.1. The van der Waals surface area contributed by atoms with Crippen LogP contribution >= 0.6 is 0 Å². The van der Waals surface area contributed by atoms with Crippen LogP contribution in [0.3, 0.4) is 0 Å². The van der Waals surface area contributed by atoms with Gasteiger partial charge in [-0.05, 0) is 37.3 Å². The Morgan fingerprint density at radius 1 is 1.19 bits per heavy atom. The Bertz CT molecular complexity index is 951. The number of carbonyl (C=O) groups is 1. The lowest BCUT2D eigenvalue weighted by molar-refractivity contribution is 0.0731. The molecule has 0 N–H and O–H groups in total. The van der Waals surface area contributed by atoms with E-state index in [4.69, 9.17) is 4.74 Å². The van der Waals surface area contributed by atoms with Gasteiger partial charge in [0.05, 0.1) is 30.7 Å². The third-order valence-corrected chi connectivity index (χ3v) is 4.58. The van der Waals surface area contributed by atoms with Crippen molar-refractivity contribution in [3.05, 3.63) is 71.7 Å². The molecule has 0 atom stereocenters. The number of benzene rings is 1. The molecule has 0 radical (unpaired) electrons. The lowest BCUT2D eigenvalue weighted by Gasteiger charge is -2.27. The fraction of sp³-hybridized carbons (Fsp3) is 0.250. The molecule has 0 saturated carbocycles. The Hall–Kier alpha value is -3.22. The molecule has 7 heteroatoms. The summed E-state index contributed by atoms with van der Waals surface area (Å²) in [5.74, 6) is 0.161. The molecule has 0 bridgehead atoms. The Morgan fingerprint density at radius 3 is 2.70 bits per heavy atom. The molecule has 1 amide bonds. The molecular weight excluding hydrogens is 347 g/mol. The van der Waals surface area contributed by atoms with E-state index in [-0.39, 0.29) is 11.7 Å². The number of pyridine rings is 1. The highest BCUT2D eigenvalue weighted by Crippen LogP contribution is 2.23. The molecule has 0 aliphatic carbocycles. The van der Waals surface area contributed by atoms with E-state index in [1.54, 1.807) is 41.7 Å². The number of hydrogen-bond donors (Lipinski definition) is 0. The Labute approximate surface area is 156 Å². The maximum atomic E-state index is 13.2. The van der Waals surface area contributed by atoms with Crippen LogP contribution in [-0.4, -0.2) is 38.5 Å². The van der Waals surface area contributed by atoms with Crippen molar-refractivity contribution in [3.8, 4) is 11.6 Å². The fourth-order valence-corrected chi connectivity index (χ4v) is 3.23. The first-order valence-electron chi connectivity index (χ1n) is 8.85. The monoisotopic (exact) mass is 366 g/mol. The molecule has 27 heavy (non-hydrogen) atoms. The second kappa shape index (κ2) is 7.19. The Kier molecular flexibility index (Phi) is 4.58. The molecule has 6 nitrogen and oxygen atoms in total. The summed E-state index contributed by atoms with van der Waals surface area (Å²) in [6.07, 6.45) is 3.95. The minimum atomic E-state index is -0.270. The summed E-state index contributed by atoms with van der Waals surface area (Å²) in [4.78, 5) is 23.1. The van der Waals surface area contributed by atoms with Gasteiger partial charge < -0.3 is 14.2 Å². The zero-order valence-electron chi connectivity index (χ0n) is 14.9. The van der Waals surface area contributed by atoms with Crippen molar-refractivity contribution in [1.29, 1.82) is 0 Å². The number of ether oxygens (including phenoxy) is 1. The van der Waals surface area contributed by atoms with Crippen LogP contribution in [0.25, 0.3) is 5.69 Å².